The molecule has 0 aromatic heterocycles. The van der Waals surface area contributed by atoms with Crippen molar-refractivity contribution >= 4 is 82.4 Å². The highest BCUT2D eigenvalue weighted by molar-refractivity contribution is 7.81. The Morgan fingerprint density at radius 1 is 0.549 bits per heavy atom. The van der Waals surface area contributed by atoms with Gasteiger partial charge in [0.25, 0.3) is 0 Å². The minimum atomic E-state index is -6.24. The van der Waals surface area contributed by atoms with Crippen molar-refractivity contribution in [2.75, 3.05) is 20.3 Å². The predicted octanol–water partition coefficient (Wildman–Crippen LogP) is -9.06. The largest absolute Gasteiger partial charge is 0.748 e. The highest BCUT2D eigenvalue weighted by atomic mass is 32.3. The number of benzene rings is 2. The van der Waals surface area contributed by atoms with Gasteiger partial charge in [0.2, 0.25) is 47.5 Å². The third-order valence-corrected chi connectivity index (χ3v) is 15.9. The van der Waals surface area contributed by atoms with E-state index in [2.05, 4.69) is 26.3 Å². The number of hydrogen-bond donors (Lipinski definition) is 6. The van der Waals surface area contributed by atoms with E-state index < -0.39 is 219 Å². The van der Waals surface area contributed by atoms with Crippen LogP contribution >= 0.6 is 0 Å². The van der Waals surface area contributed by atoms with Gasteiger partial charge in [-0.05, 0) is 19.8 Å². The van der Waals surface area contributed by atoms with Crippen molar-refractivity contribution in [2.24, 2.45) is 0 Å². The topological polar surface area (TPSA) is 625 Å². The van der Waals surface area contributed by atoms with Gasteiger partial charge >= 0.3 is 0 Å². The number of rotatable bonds is 32. The van der Waals surface area contributed by atoms with E-state index in [0.717, 1.165) is 14.0 Å². The maximum atomic E-state index is 13.9. The molecule has 4 aliphatic heterocycles. The minimum Gasteiger partial charge on any atom is -0.748 e. The van der Waals surface area contributed by atoms with Gasteiger partial charge < -0.3 is 106 Å². The van der Waals surface area contributed by atoms with E-state index in [-0.39, 0.29) is 42.6 Å². The molecule has 91 heavy (non-hydrogen) atoms. The lowest BCUT2D eigenvalue weighted by molar-refractivity contribution is -0.384. The van der Waals surface area contributed by atoms with Crippen molar-refractivity contribution in [3.63, 3.8) is 0 Å². The summed E-state index contributed by atoms with van der Waals surface area (Å²) in [4.78, 5) is 65.1. The van der Waals surface area contributed by atoms with E-state index in [1.165, 1.54) is 24.3 Å². The van der Waals surface area contributed by atoms with Gasteiger partial charge in [-0.15, -0.1) is 0 Å². The summed E-state index contributed by atoms with van der Waals surface area (Å²) in [5.41, 5.74) is 2.71. The molecule has 0 bridgehead atoms. The molecule has 514 valence electrons. The van der Waals surface area contributed by atoms with Gasteiger partial charge in [0, 0.05) is 36.6 Å². The van der Waals surface area contributed by atoms with Crippen molar-refractivity contribution in [1.82, 2.24) is 10.8 Å². The van der Waals surface area contributed by atoms with Crippen LogP contribution in [0.5, 0.6) is 0 Å². The van der Waals surface area contributed by atoms with Gasteiger partial charge in [-0.3, -0.25) is 31.1 Å². The Morgan fingerprint density at radius 2 is 1.00 bits per heavy atom. The van der Waals surface area contributed by atoms with E-state index >= 15 is 0 Å². The summed E-state index contributed by atoms with van der Waals surface area (Å²) in [6.45, 7) is -2.07. The van der Waals surface area contributed by atoms with Gasteiger partial charge in [0.05, 0.1) is 37.3 Å². The third kappa shape index (κ3) is 21.4. The van der Waals surface area contributed by atoms with Gasteiger partial charge in [-0.1, -0.05) is 61.0 Å². The number of unbranched alkanes of at least 4 members (excludes halogenated alkanes) is 2. The first kappa shape index (κ1) is 75.3. The van der Waals surface area contributed by atoms with Crippen LogP contribution in [0.4, 0.5) is 0 Å². The summed E-state index contributed by atoms with van der Waals surface area (Å²) in [7, 11) is -23.1. The summed E-state index contributed by atoms with van der Waals surface area (Å²) in [5.74, 6) is -6.66. The molecule has 0 saturated carbocycles. The number of amides is 1. The van der Waals surface area contributed by atoms with Crippen LogP contribution in [0.15, 0.2) is 54.6 Å². The lowest BCUT2D eigenvalue weighted by atomic mass is 9.93. The Bertz CT molecular complexity index is 3330. The zero-order valence-electron chi connectivity index (χ0n) is 46.4. The predicted molar refractivity (Wildman–Crippen MR) is 273 cm³/mol. The number of carbonyl (C=O) groups excluding carboxylic acids is 5. The van der Waals surface area contributed by atoms with Gasteiger partial charge in [0.1, 0.15) is 90.7 Å². The molecule has 6 rings (SSSR count). The van der Waals surface area contributed by atoms with E-state index in [1.54, 1.807) is 30.3 Å². The molecule has 0 radical (unpaired) electrons. The van der Waals surface area contributed by atoms with Crippen LogP contribution in [0.1, 0.15) is 65.3 Å². The summed E-state index contributed by atoms with van der Waals surface area (Å²) < 4.78 is 230. The minimum absolute atomic E-state index is 0.0718. The summed E-state index contributed by atoms with van der Waals surface area (Å²) in [5, 5.41) is 73.9. The highest BCUT2D eigenvalue weighted by Crippen LogP contribution is 2.37. The maximum absolute atomic E-state index is 13.9. The molecule has 0 spiro atoms. The van der Waals surface area contributed by atoms with Crippen LogP contribution in [0.25, 0.3) is 0 Å². The lowest BCUT2D eigenvalue weighted by Crippen LogP contribution is -2.71. The molecular weight excluding hydrogens is 1350 g/mol. The average Bonchev–Trinajstić information content (AvgIpc) is 0.806. The molecule has 9 unspecified atom stereocenters. The van der Waals surface area contributed by atoms with Crippen molar-refractivity contribution < 1.29 is 174 Å². The summed E-state index contributed by atoms with van der Waals surface area (Å²) in [6.07, 6.45) is -47.4. The van der Waals surface area contributed by atoms with Crippen molar-refractivity contribution in [1.29, 1.82) is 0 Å². The first-order valence-electron chi connectivity index (χ1n) is 26.1. The second-order valence-corrected chi connectivity index (χ2v) is 24.7. The summed E-state index contributed by atoms with van der Waals surface area (Å²) >= 11 is -3.40. The number of ketones is 2. The van der Waals surface area contributed by atoms with Crippen molar-refractivity contribution in [3.8, 4) is 0 Å². The number of methoxy groups -OCH3 is 1. The number of hydroxylamine groups is 1. The Kier molecular flexibility index (Phi) is 26.5. The number of carboxylic acids is 2. The number of carbonyl (C=O) groups is 5. The van der Waals surface area contributed by atoms with Crippen LogP contribution < -0.4 is 21.0 Å². The molecule has 1 amide bonds. The van der Waals surface area contributed by atoms with Crippen LogP contribution in [-0.2, 0) is 126 Å². The quantitative estimate of drug-likeness (QED) is 0.00989. The van der Waals surface area contributed by atoms with Gasteiger partial charge in [-0.25, -0.2) is 42.2 Å². The summed E-state index contributed by atoms with van der Waals surface area (Å²) in [6, 6.07) is 9.67. The molecule has 4 saturated heterocycles. The molecule has 6 N–H and O–H groups in total. The molecule has 21 atom stereocenters. The van der Waals surface area contributed by atoms with E-state index in [1.807, 2.05) is 5.48 Å². The zero-order valence-corrected chi connectivity index (χ0v) is 50.5. The monoisotopic (exact) mass is 1400 g/mol. The SMILES string of the molecule is CO[C@@H]1C(C(=O)[O-])O[C@@H](O[C@H]2C(COS(=O)(=O)[O-])O[C@@H](O[C@@H]3C(C(=O)[O-])O[C@@H](O[C@H]4C(COS(=O)(=O)[O-])O[C@H](C)[C@@H](NOS(=O)[O-])C4O)C(OS(=O)(=O)[O-])[C@@H]3O)[C@@H](NC(=O)CCCCCC(=O)c3ccc(C(=O)c4ccccc4)cc3)C2O)C(OS(=O)(=O)[O-])[C@@H]1O. The number of aliphatic hydroxyl groups is 4. The van der Waals surface area contributed by atoms with E-state index in [0.29, 0.717) is 5.56 Å². The number of ether oxygens (including phenoxy) is 8. The second kappa shape index (κ2) is 32.1. The zero-order chi connectivity index (χ0) is 67.7. The first-order chi connectivity index (χ1) is 42.4. The van der Waals surface area contributed by atoms with Crippen LogP contribution in [0.3, 0.4) is 0 Å². The highest BCUT2D eigenvalue weighted by Gasteiger charge is 2.58. The molecule has 4 fully saturated rings. The van der Waals surface area contributed by atoms with Gasteiger partial charge in [0.15, 0.2) is 42.6 Å². The number of Topliss-reactive ketones (excluding diaryl/α,β-unsaturated/α-hetero) is 1. The molecule has 4 heterocycles. The van der Waals surface area contributed by atoms with Crippen LogP contribution in [0, 0.1) is 0 Å². The van der Waals surface area contributed by atoms with Crippen LogP contribution in [-0.4, -0.2) is 253 Å². The van der Waals surface area contributed by atoms with E-state index in [4.69, 9.17) is 37.9 Å². The fourth-order valence-electron chi connectivity index (χ4n) is 9.82. The Labute approximate surface area is 518 Å². The molecule has 45 heteroatoms. The normalized spacial score (nSPS) is 32.9. The number of aliphatic carboxylic acids is 2. The molecule has 2 aromatic carbocycles. The number of aliphatic hydroxyl groups excluding tert-OH is 4. The Hall–Kier alpha value is -4.78. The van der Waals surface area contributed by atoms with Crippen molar-refractivity contribution in [3.05, 3.63) is 71.3 Å². The number of hydrogen-bond acceptors (Lipinski definition) is 39. The average molecular weight is 1400 g/mol. The van der Waals surface area contributed by atoms with Gasteiger partial charge in [-0.2, -0.15) is 5.48 Å². The molecule has 4 aliphatic rings. The molecular formula is C46H55N2O38S5-7. The molecule has 0 aliphatic carbocycles. The Balaban J connectivity index is 1.33. The molecule has 2 aromatic rings. The molecule has 40 nitrogen and oxygen atoms in total. The van der Waals surface area contributed by atoms with Crippen molar-refractivity contribution in [2.45, 2.75) is 162 Å². The smallest absolute Gasteiger partial charge is 0.220 e. The fraction of sp³-hybridized carbons (Fsp3) is 0.630. The van der Waals surface area contributed by atoms with E-state index in [9.17, 15) is 115 Å². The third-order valence-electron chi connectivity index (χ3n) is 13.9. The fourth-order valence-corrected chi connectivity index (χ4v) is 11.6. The van der Waals surface area contributed by atoms with Crippen LogP contribution in [0.2, 0.25) is 0 Å². The second-order valence-electron chi connectivity index (χ2n) is 20.0. The maximum Gasteiger partial charge on any atom is 0.220 e. The Morgan fingerprint density at radius 3 is 1.48 bits per heavy atom. The number of carboxylic acid groups (broad SMARTS) is 2. The number of nitrogens with one attached hydrogen (secondary N) is 2. The standard InChI is InChI=1S/C46H62N2O38S5/c1-19-27(48-86-87(60)61)30(52)34(24(77-19)17-75-88(62,63)64)79-46-39(85-91(71,72)73)33(55)37(41(83-46)43(58)59)81-44-28(47-26(50)12-8-4-7-11-23(49)20-13-15-22(16-14-20)29(51)21-9-5-3-6-10-21)31(53)35(25(78-44)18-76-89(65,66)67)80-45-38(84-90(68,69)70)32(54)36(74-2)40(82-45)42(56)57/h3,5-6,9-10,13-16,19,24-25,27-28,30-41,44-46,48,52-55H,4,7-8,11-12,17-18H2,1-2H3,(H,47,50)(H,56,57)(H,58,59)(H,60,61)(H,62,63,64)(H,65,66,67)(H,68,69,70)(H,71,72,73)/p-7/t19-,24?,25?,27-,28+,30?,31?,32-,33-,34+,35+,36+,37+,38?,39?,40?,41?,44+,45-,46-/m1/s1. The lowest BCUT2D eigenvalue weighted by Gasteiger charge is -2.51. The first-order valence-corrected chi connectivity index (χ1v) is 32.5.